The first kappa shape index (κ1) is 10.9. The van der Waals surface area contributed by atoms with E-state index in [2.05, 4.69) is 31.5 Å². The Morgan fingerprint density at radius 1 is 1.15 bits per heavy atom. The van der Waals surface area contributed by atoms with E-state index in [0.717, 1.165) is 0 Å². The molecule has 74 valence electrons. The van der Waals surface area contributed by atoms with Crippen LogP contribution in [-0.4, -0.2) is 0 Å². The van der Waals surface area contributed by atoms with Gasteiger partial charge in [0.1, 0.15) is 0 Å². The fraction of sp³-hybridized carbons (Fsp3) is 0.667. The molecule has 1 aromatic rings. The highest BCUT2D eigenvalue weighted by molar-refractivity contribution is 7.47. The van der Waals surface area contributed by atoms with Crippen molar-refractivity contribution < 1.29 is 0 Å². The van der Waals surface area contributed by atoms with Gasteiger partial charge in [0.05, 0.1) is 0 Å². The Kier molecular flexibility index (Phi) is 5.23. The Morgan fingerprint density at radius 3 is 2.62 bits per heavy atom. The topological polar surface area (TPSA) is 0 Å². The van der Waals surface area contributed by atoms with Gasteiger partial charge in [-0.1, -0.05) is 32.8 Å². The molecule has 1 aromatic heterocycles. The third kappa shape index (κ3) is 4.00. The molecule has 1 unspecified atom stereocenters. The molecule has 1 heterocycles. The zero-order valence-electron chi connectivity index (χ0n) is 8.92. The van der Waals surface area contributed by atoms with E-state index in [1.807, 2.05) is 0 Å². The molecule has 0 aliphatic carbocycles. The van der Waals surface area contributed by atoms with Crippen molar-refractivity contribution in [3.8, 4) is 0 Å². The third-order valence-electron chi connectivity index (χ3n) is 2.40. The van der Waals surface area contributed by atoms with E-state index in [0.29, 0.717) is 0 Å². The summed E-state index contributed by atoms with van der Waals surface area (Å²) in [5, 5.41) is 0. The van der Waals surface area contributed by atoms with E-state index in [1.54, 1.807) is 5.56 Å². The van der Waals surface area contributed by atoms with Crippen molar-refractivity contribution in [1.82, 2.24) is 0 Å². The Hall–Kier alpha value is -0.220. The molecular weight excluding hydrogens is 175 g/mol. The van der Waals surface area contributed by atoms with Gasteiger partial charge in [0, 0.05) is 0 Å². The van der Waals surface area contributed by atoms with Crippen LogP contribution in [0.25, 0.3) is 0 Å². The molecule has 0 saturated carbocycles. The molecule has 0 amide bonds. The molecular formula is C12H21P. The van der Waals surface area contributed by atoms with Crippen LogP contribution in [0.2, 0.25) is 0 Å². The SMILES string of the molecule is CCCCc1ccp(CCCC)c1. The summed E-state index contributed by atoms with van der Waals surface area (Å²) in [4.78, 5) is 0. The number of hydrogen-bond acceptors (Lipinski definition) is 0. The highest BCUT2D eigenvalue weighted by atomic mass is 31.1. The molecule has 0 spiro atoms. The van der Waals surface area contributed by atoms with E-state index < -0.39 is 0 Å². The predicted molar refractivity (Wildman–Crippen MR) is 62.7 cm³/mol. The van der Waals surface area contributed by atoms with Crippen LogP contribution in [-0.2, 0) is 12.6 Å². The number of rotatable bonds is 6. The molecule has 1 atom stereocenters. The summed E-state index contributed by atoms with van der Waals surface area (Å²) < 4.78 is 0. The van der Waals surface area contributed by atoms with Crippen LogP contribution in [0.4, 0.5) is 0 Å². The van der Waals surface area contributed by atoms with Crippen LogP contribution in [0, 0.1) is 0 Å². The van der Waals surface area contributed by atoms with Crippen molar-refractivity contribution >= 4 is 7.53 Å². The summed E-state index contributed by atoms with van der Waals surface area (Å²) in [7, 11) is 0.151. The number of aryl methyl sites for hydroxylation is 2. The fourth-order valence-corrected chi connectivity index (χ4v) is 3.57. The van der Waals surface area contributed by atoms with E-state index in [9.17, 15) is 0 Å². The lowest BCUT2D eigenvalue weighted by atomic mass is 10.2. The summed E-state index contributed by atoms with van der Waals surface area (Å²) in [6.45, 7) is 4.54. The maximum atomic E-state index is 2.53. The van der Waals surface area contributed by atoms with Gasteiger partial charge in [-0.05, 0) is 42.6 Å². The normalized spacial score (nSPS) is 12.0. The van der Waals surface area contributed by atoms with Gasteiger partial charge in [0.25, 0.3) is 0 Å². The van der Waals surface area contributed by atoms with Crippen LogP contribution in [0.15, 0.2) is 17.7 Å². The van der Waals surface area contributed by atoms with Gasteiger partial charge in [-0.3, -0.25) is 0 Å². The van der Waals surface area contributed by atoms with Crippen LogP contribution in [0.1, 0.15) is 45.1 Å². The lowest BCUT2D eigenvalue weighted by Crippen LogP contribution is -1.78. The molecule has 0 aliphatic heterocycles. The Balaban J connectivity index is 2.34. The van der Waals surface area contributed by atoms with Gasteiger partial charge in [-0.2, -0.15) is 0 Å². The summed E-state index contributed by atoms with van der Waals surface area (Å²) in [6.07, 6.45) is 8.12. The first-order chi connectivity index (χ1) is 6.36. The van der Waals surface area contributed by atoms with Crippen molar-refractivity contribution in [2.45, 2.75) is 52.1 Å². The number of hydrogen-bond donors (Lipinski definition) is 0. The molecule has 0 aromatic carbocycles. The minimum atomic E-state index is 0.151. The van der Waals surface area contributed by atoms with Gasteiger partial charge < -0.3 is 0 Å². The van der Waals surface area contributed by atoms with Gasteiger partial charge in [-0.25, -0.2) is 0 Å². The minimum Gasteiger partial charge on any atom is -0.125 e. The lowest BCUT2D eigenvalue weighted by Gasteiger charge is -1.95. The molecule has 0 N–H and O–H groups in total. The van der Waals surface area contributed by atoms with E-state index in [1.165, 1.54) is 38.3 Å². The van der Waals surface area contributed by atoms with E-state index in [4.69, 9.17) is 0 Å². The summed E-state index contributed by atoms with van der Waals surface area (Å²) in [5.41, 5.74) is 1.60. The van der Waals surface area contributed by atoms with Crippen molar-refractivity contribution in [1.29, 1.82) is 0 Å². The first-order valence-corrected chi connectivity index (χ1v) is 7.18. The molecule has 1 heteroatoms. The molecule has 13 heavy (non-hydrogen) atoms. The molecule has 0 saturated heterocycles. The zero-order chi connectivity index (χ0) is 9.52. The Morgan fingerprint density at radius 2 is 1.92 bits per heavy atom. The van der Waals surface area contributed by atoms with Crippen LogP contribution in [0.5, 0.6) is 0 Å². The Bertz CT molecular complexity index is 202. The van der Waals surface area contributed by atoms with Crippen LogP contribution in [0.3, 0.4) is 0 Å². The quantitative estimate of drug-likeness (QED) is 0.612. The highest BCUT2D eigenvalue weighted by Gasteiger charge is 1.96. The lowest BCUT2D eigenvalue weighted by molar-refractivity contribution is 0.797. The Labute approximate surface area is 83.4 Å². The second-order valence-electron chi connectivity index (χ2n) is 3.71. The monoisotopic (exact) mass is 196 g/mol. The molecule has 0 fully saturated rings. The number of unbranched alkanes of at least 4 members (excludes halogenated alkanes) is 2. The smallest absolute Gasteiger partial charge is 0.0141 e. The molecule has 1 rings (SSSR count). The van der Waals surface area contributed by atoms with E-state index in [-0.39, 0.29) is 7.53 Å². The van der Waals surface area contributed by atoms with E-state index >= 15 is 0 Å². The maximum absolute atomic E-state index is 2.53. The van der Waals surface area contributed by atoms with Gasteiger partial charge in [0.2, 0.25) is 0 Å². The van der Waals surface area contributed by atoms with Crippen molar-refractivity contribution in [2.75, 3.05) is 0 Å². The second kappa shape index (κ2) is 6.27. The van der Waals surface area contributed by atoms with Gasteiger partial charge >= 0.3 is 0 Å². The van der Waals surface area contributed by atoms with Crippen molar-refractivity contribution in [3.05, 3.63) is 23.2 Å². The minimum absolute atomic E-state index is 0.151. The highest BCUT2D eigenvalue weighted by Crippen LogP contribution is 2.32. The fourth-order valence-electron chi connectivity index (χ4n) is 1.50. The molecule has 0 aliphatic rings. The summed E-state index contributed by atoms with van der Waals surface area (Å²) >= 11 is 0. The van der Waals surface area contributed by atoms with Gasteiger partial charge in [0.15, 0.2) is 0 Å². The molecule has 0 nitrogen and oxygen atoms in total. The summed E-state index contributed by atoms with van der Waals surface area (Å²) in [6, 6.07) is 2.36. The summed E-state index contributed by atoms with van der Waals surface area (Å²) in [5.74, 6) is 4.97. The predicted octanol–water partition coefficient (Wildman–Crippen LogP) is 4.82. The van der Waals surface area contributed by atoms with Crippen molar-refractivity contribution in [2.24, 2.45) is 0 Å². The average Bonchev–Trinajstić information content (AvgIpc) is 2.59. The maximum Gasteiger partial charge on any atom is -0.0141 e. The zero-order valence-corrected chi connectivity index (χ0v) is 9.82. The molecule has 0 bridgehead atoms. The van der Waals surface area contributed by atoms with Crippen LogP contribution < -0.4 is 0 Å². The van der Waals surface area contributed by atoms with Crippen LogP contribution >= 0.6 is 7.53 Å². The average molecular weight is 196 g/mol. The first-order valence-electron chi connectivity index (χ1n) is 5.51. The second-order valence-corrected chi connectivity index (χ2v) is 5.75. The third-order valence-corrected chi connectivity index (χ3v) is 4.43. The van der Waals surface area contributed by atoms with Crippen molar-refractivity contribution in [3.63, 3.8) is 0 Å². The standard InChI is InChI=1S/C12H21P/c1-3-5-7-12-8-10-13(11-12)9-6-4-2/h8,10-11H,3-7,9H2,1-2H3. The largest absolute Gasteiger partial charge is 0.125 e. The molecule has 0 radical (unpaired) electrons. The van der Waals surface area contributed by atoms with Gasteiger partial charge in [-0.15, -0.1) is 7.53 Å².